The molecule has 0 saturated heterocycles. The van der Waals surface area contributed by atoms with Crippen LogP contribution in [0, 0.1) is 10.1 Å². The van der Waals surface area contributed by atoms with Crippen LogP contribution in [0.3, 0.4) is 0 Å². The lowest BCUT2D eigenvalue weighted by Crippen LogP contribution is -1.89. The van der Waals surface area contributed by atoms with Gasteiger partial charge in [-0.25, -0.2) is 4.36 Å². The van der Waals surface area contributed by atoms with Crippen LogP contribution in [0.5, 0.6) is 0 Å². The molecular weight excluding hydrogens is 236 g/mol. The molecular formula is C12H12N2O2S. The van der Waals surface area contributed by atoms with E-state index in [0.29, 0.717) is 5.39 Å². The van der Waals surface area contributed by atoms with Gasteiger partial charge in [0, 0.05) is 11.5 Å². The number of hydrogen-bond donors (Lipinski definition) is 0. The van der Waals surface area contributed by atoms with E-state index in [4.69, 9.17) is 0 Å². The highest BCUT2D eigenvalue weighted by molar-refractivity contribution is 7.85. The Morgan fingerprint density at radius 2 is 1.76 bits per heavy atom. The van der Waals surface area contributed by atoms with Crippen LogP contribution < -0.4 is 0 Å². The number of fused-ring (bicyclic) bond motifs is 1. The fourth-order valence-electron chi connectivity index (χ4n) is 1.70. The third-order valence-electron chi connectivity index (χ3n) is 2.36. The molecule has 0 spiro atoms. The quantitative estimate of drug-likeness (QED) is 0.603. The second-order valence-corrected chi connectivity index (χ2v) is 5.50. The lowest BCUT2D eigenvalue weighted by Gasteiger charge is -2.03. The van der Waals surface area contributed by atoms with Crippen LogP contribution in [-0.2, 0) is 10.7 Å². The molecule has 0 saturated carbocycles. The number of nitro groups is 1. The Balaban J connectivity index is 2.80. The fraction of sp³-hybridized carbons (Fsp3) is 0.167. The summed E-state index contributed by atoms with van der Waals surface area (Å²) < 4.78 is 4.49. The van der Waals surface area contributed by atoms with Crippen LogP contribution in [0.1, 0.15) is 0 Å². The molecule has 0 N–H and O–H groups in total. The van der Waals surface area contributed by atoms with Crippen molar-refractivity contribution >= 4 is 32.8 Å². The van der Waals surface area contributed by atoms with Crippen molar-refractivity contribution in [2.45, 2.75) is 0 Å². The summed E-state index contributed by atoms with van der Waals surface area (Å²) in [7, 11) is -0.0847. The van der Waals surface area contributed by atoms with Gasteiger partial charge in [0.05, 0.1) is 16.0 Å². The second-order valence-electron chi connectivity index (χ2n) is 3.77. The van der Waals surface area contributed by atoms with Gasteiger partial charge in [0.2, 0.25) is 0 Å². The van der Waals surface area contributed by atoms with Gasteiger partial charge in [0.25, 0.3) is 5.69 Å². The van der Waals surface area contributed by atoms with E-state index >= 15 is 0 Å². The molecule has 4 nitrogen and oxygen atoms in total. The molecule has 0 aromatic heterocycles. The predicted molar refractivity (Wildman–Crippen MR) is 71.9 cm³/mol. The van der Waals surface area contributed by atoms with Gasteiger partial charge >= 0.3 is 0 Å². The van der Waals surface area contributed by atoms with Gasteiger partial charge in [-0.05, 0) is 24.6 Å². The smallest absolute Gasteiger partial charge is 0.258 e. The van der Waals surface area contributed by atoms with Crippen molar-refractivity contribution in [1.29, 1.82) is 0 Å². The summed E-state index contributed by atoms with van der Waals surface area (Å²) in [6.07, 6.45) is 4.02. The average molecular weight is 248 g/mol. The minimum absolute atomic E-state index is 0.0847. The van der Waals surface area contributed by atoms with Crippen LogP contribution in [0.4, 0.5) is 11.4 Å². The van der Waals surface area contributed by atoms with Crippen molar-refractivity contribution in [2.24, 2.45) is 4.36 Å². The summed E-state index contributed by atoms with van der Waals surface area (Å²) in [5.41, 5.74) is 0.950. The Kier molecular flexibility index (Phi) is 3.19. The molecule has 0 atom stereocenters. The number of nitrogens with zero attached hydrogens (tertiary/aromatic N) is 2. The van der Waals surface area contributed by atoms with Crippen molar-refractivity contribution in [2.75, 3.05) is 12.5 Å². The van der Waals surface area contributed by atoms with Crippen LogP contribution >= 0.6 is 0 Å². The third-order valence-corrected chi connectivity index (χ3v) is 2.92. The molecule has 0 fully saturated rings. The van der Waals surface area contributed by atoms with E-state index in [1.807, 2.05) is 24.6 Å². The van der Waals surface area contributed by atoms with E-state index in [1.165, 1.54) is 6.07 Å². The highest BCUT2D eigenvalue weighted by atomic mass is 32.2. The van der Waals surface area contributed by atoms with Crippen LogP contribution in [0.25, 0.3) is 10.8 Å². The molecule has 0 bridgehead atoms. The number of rotatable bonds is 2. The summed E-state index contributed by atoms with van der Waals surface area (Å²) in [4.78, 5) is 10.6. The first-order valence-electron chi connectivity index (χ1n) is 5.05. The van der Waals surface area contributed by atoms with E-state index in [0.717, 1.165) is 11.1 Å². The molecule has 0 heterocycles. The first-order chi connectivity index (χ1) is 8.09. The Morgan fingerprint density at radius 3 is 2.35 bits per heavy atom. The normalized spacial score (nSPS) is 10.8. The van der Waals surface area contributed by atoms with Crippen molar-refractivity contribution in [3.8, 4) is 0 Å². The van der Waals surface area contributed by atoms with E-state index in [9.17, 15) is 10.1 Å². The summed E-state index contributed by atoms with van der Waals surface area (Å²) in [6, 6.07) is 10.5. The lowest BCUT2D eigenvalue weighted by molar-refractivity contribution is -0.383. The zero-order valence-corrected chi connectivity index (χ0v) is 10.4. The Bertz CT molecular complexity index is 619. The van der Waals surface area contributed by atoms with Crippen molar-refractivity contribution in [3.05, 3.63) is 46.5 Å². The van der Waals surface area contributed by atoms with Crippen molar-refractivity contribution in [3.63, 3.8) is 0 Å². The average Bonchev–Trinajstić information content (AvgIpc) is 2.28. The fourth-order valence-corrected chi connectivity index (χ4v) is 2.26. The zero-order valence-electron chi connectivity index (χ0n) is 9.58. The molecule has 88 valence electrons. The first kappa shape index (κ1) is 11.7. The molecule has 0 amide bonds. The maximum Gasteiger partial charge on any atom is 0.277 e. The maximum absolute atomic E-state index is 10.9. The predicted octanol–water partition coefficient (Wildman–Crippen LogP) is 3.44. The van der Waals surface area contributed by atoms with E-state index in [-0.39, 0.29) is 21.3 Å². The molecule has 0 aliphatic rings. The van der Waals surface area contributed by atoms with Gasteiger partial charge in [-0.3, -0.25) is 10.1 Å². The number of hydrogen-bond acceptors (Lipinski definition) is 3. The second kappa shape index (κ2) is 4.63. The third kappa shape index (κ3) is 2.34. The number of nitro benzene ring substituents is 1. The van der Waals surface area contributed by atoms with E-state index < -0.39 is 0 Å². The zero-order chi connectivity index (χ0) is 12.4. The summed E-state index contributed by atoms with van der Waals surface area (Å²) in [6.45, 7) is 0. The SMILES string of the molecule is CS(C)=Nc1ccc([N+](=O)[O-])c2ccccc12. The summed E-state index contributed by atoms with van der Waals surface area (Å²) in [5.74, 6) is 0. The largest absolute Gasteiger partial charge is 0.277 e. The van der Waals surface area contributed by atoms with Gasteiger partial charge in [-0.1, -0.05) is 18.2 Å². The number of non-ortho nitro benzene ring substituents is 1. The molecule has 0 aliphatic carbocycles. The molecule has 2 aromatic carbocycles. The summed E-state index contributed by atoms with van der Waals surface area (Å²) >= 11 is 0. The molecule has 0 aliphatic heterocycles. The molecule has 17 heavy (non-hydrogen) atoms. The Morgan fingerprint density at radius 1 is 1.12 bits per heavy atom. The molecule has 2 aromatic rings. The van der Waals surface area contributed by atoms with E-state index in [2.05, 4.69) is 4.36 Å². The maximum atomic E-state index is 10.9. The van der Waals surface area contributed by atoms with Gasteiger partial charge < -0.3 is 0 Å². The lowest BCUT2D eigenvalue weighted by atomic mass is 10.1. The summed E-state index contributed by atoms with van der Waals surface area (Å²) in [5, 5.41) is 12.4. The molecule has 0 radical (unpaired) electrons. The van der Waals surface area contributed by atoms with Crippen LogP contribution in [-0.4, -0.2) is 17.4 Å². The molecule has 0 unspecified atom stereocenters. The Labute approximate surface area is 102 Å². The highest BCUT2D eigenvalue weighted by Crippen LogP contribution is 2.33. The minimum atomic E-state index is -0.357. The molecule has 2 rings (SSSR count). The Hall–Kier alpha value is -1.75. The molecule has 5 heteroatoms. The van der Waals surface area contributed by atoms with E-state index in [1.54, 1.807) is 18.2 Å². The topological polar surface area (TPSA) is 55.5 Å². The van der Waals surface area contributed by atoms with Crippen LogP contribution in [0.15, 0.2) is 40.8 Å². The van der Waals surface area contributed by atoms with Gasteiger partial charge in [0.15, 0.2) is 0 Å². The van der Waals surface area contributed by atoms with Crippen molar-refractivity contribution in [1.82, 2.24) is 0 Å². The van der Waals surface area contributed by atoms with Crippen LogP contribution in [0.2, 0.25) is 0 Å². The minimum Gasteiger partial charge on any atom is -0.258 e. The standard InChI is InChI=1S/C12H12N2O2S/c1-17(2)13-11-7-8-12(14(15)16)10-6-4-3-5-9(10)11/h3-8H,1-2H3. The van der Waals surface area contributed by atoms with Gasteiger partial charge in [0.1, 0.15) is 0 Å². The number of benzene rings is 2. The monoisotopic (exact) mass is 248 g/mol. The van der Waals surface area contributed by atoms with Gasteiger partial charge in [-0.2, -0.15) is 0 Å². The highest BCUT2D eigenvalue weighted by Gasteiger charge is 2.13. The van der Waals surface area contributed by atoms with Crippen molar-refractivity contribution < 1.29 is 4.92 Å². The van der Waals surface area contributed by atoms with Gasteiger partial charge in [-0.15, -0.1) is 10.7 Å². The first-order valence-corrected chi connectivity index (χ1v) is 7.05.